The molecule has 0 fully saturated rings. The molecule has 28 heavy (non-hydrogen) atoms. The Bertz CT molecular complexity index is 1150. The van der Waals surface area contributed by atoms with Crippen LogP contribution in [0.25, 0.3) is 21.7 Å². The van der Waals surface area contributed by atoms with Gasteiger partial charge in [-0.15, -0.1) is 0 Å². The molecule has 4 nitrogen and oxygen atoms in total. The Hall–Kier alpha value is -3.40. The Morgan fingerprint density at radius 1 is 0.893 bits per heavy atom. The first kappa shape index (κ1) is 18.0. The van der Waals surface area contributed by atoms with E-state index in [0.29, 0.717) is 13.0 Å². The third-order valence-electron chi connectivity index (χ3n) is 4.77. The molecule has 0 aliphatic rings. The highest BCUT2D eigenvalue weighted by molar-refractivity contribution is 5.86. The second-order valence-electron chi connectivity index (χ2n) is 7.09. The Kier molecular flexibility index (Phi) is 4.94. The summed E-state index contributed by atoms with van der Waals surface area (Å²) in [5.41, 5.74) is 2.89. The van der Waals surface area contributed by atoms with Crippen molar-refractivity contribution in [2.75, 3.05) is 14.1 Å². The number of carbonyl (C=O) groups is 1. The van der Waals surface area contributed by atoms with Crippen LogP contribution in [-0.4, -0.2) is 29.9 Å². The van der Waals surface area contributed by atoms with Gasteiger partial charge in [0.15, 0.2) is 0 Å². The molecule has 0 aliphatic carbocycles. The topological polar surface area (TPSA) is 42.4 Å². The number of aromatic nitrogens is 1. The van der Waals surface area contributed by atoms with Crippen molar-refractivity contribution in [2.45, 2.75) is 13.0 Å². The molecule has 0 saturated heterocycles. The lowest BCUT2D eigenvalue weighted by molar-refractivity contribution is -0.127. The van der Waals surface area contributed by atoms with Crippen LogP contribution in [-0.2, 0) is 17.8 Å². The summed E-state index contributed by atoms with van der Waals surface area (Å²) < 4.78 is 5.95. The molecule has 0 aliphatic heterocycles. The first-order chi connectivity index (χ1) is 13.6. The summed E-state index contributed by atoms with van der Waals surface area (Å²) in [6.07, 6.45) is 0.412. The minimum Gasteiger partial charge on any atom is -0.487 e. The predicted octanol–water partition coefficient (Wildman–Crippen LogP) is 4.60. The number of hydrogen-bond acceptors (Lipinski definition) is 3. The van der Waals surface area contributed by atoms with E-state index in [4.69, 9.17) is 4.74 Å². The van der Waals surface area contributed by atoms with Gasteiger partial charge in [-0.25, -0.2) is 4.98 Å². The maximum absolute atomic E-state index is 11.9. The summed E-state index contributed by atoms with van der Waals surface area (Å²) in [6, 6.07) is 24.2. The number of carbonyl (C=O) groups excluding carboxylic acids is 1. The summed E-state index contributed by atoms with van der Waals surface area (Å²) in [4.78, 5) is 18.2. The lowest BCUT2D eigenvalue weighted by Crippen LogP contribution is -2.23. The Balaban J connectivity index is 1.48. The second kappa shape index (κ2) is 7.69. The third kappa shape index (κ3) is 3.96. The van der Waals surface area contributed by atoms with E-state index in [9.17, 15) is 4.79 Å². The summed E-state index contributed by atoms with van der Waals surface area (Å²) in [6.45, 7) is 0.422. The zero-order valence-electron chi connectivity index (χ0n) is 16.1. The number of fused-ring (bicyclic) bond motifs is 2. The molecule has 1 amide bonds. The fourth-order valence-electron chi connectivity index (χ4n) is 3.15. The molecule has 3 aromatic carbocycles. The van der Waals surface area contributed by atoms with Crippen molar-refractivity contribution in [1.82, 2.24) is 9.88 Å². The predicted molar refractivity (Wildman–Crippen MR) is 112 cm³/mol. The van der Waals surface area contributed by atoms with Crippen molar-refractivity contribution in [3.8, 4) is 5.75 Å². The van der Waals surface area contributed by atoms with Crippen molar-refractivity contribution in [3.05, 3.63) is 84.1 Å². The Morgan fingerprint density at radius 2 is 1.64 bits per heavy atom. The highest BCUT2D eigenvalue weighted by Gasteiger charge is 2.07. The van der Waals surface area contributed by atoms with Gasteiger partial charge < -0.3 is 9.64 Å². The van der Waals surface area contributed by atoms with E-state index >= 15 is 0 Å². The number of nitrogens with zero attached hydrogens (tertiary/aromatic N) is 2. The van der Waals surface area contributed by atoms with Crippen LogP contribution in [0.4, 0.5) is 0 Å². The maximum atomic E-state index is 11.9. The summed E-state index contributed by atoms with van der Waals surface area (Å²) >= 11 is 0. The fraction of sp³-hybridized carbons (Fsp3) is 0.167. The molecule has 0 saturated carbocycles. The fourth-order valence-corrected chi connectivity index (χ4v) is 3.15. The van der Waals surface area contributed by atoms with E-state index in [1.807, 2.05) is 54.6 Å². The zero-order valence-corrected chi connectivity index (χ0v) is 16.1. The minimum absolute atomic E-state index is 0.0992. The first-order valence-corrected chi connectivity index (χ1v) is 9.29. The van der Waals surface area contributed by atoms with E-state index in [1.54, 1.807) is 19.0 Å². The Morgan fingerprint density at radius 3 is 2.50 bits per heavy atom. The van der Waals surface area contributed by atoms with Gasteiger partial charge in [-0.05, 0) is 40.6 Å². The molecule has 4 rings (SSSR count). The molecule has 0 spiro atoms. The maximum Gasteiger partial charge on any atom is 0.226 e. The molecule has 0 unspecified atom stereocenters. The number of benzene rings is 3. The molecule has 0 N–H and O–H groups in total. The summed E-state index contributed by atoms with van der Waals surface area (Å²) in [7, 11) is 3.55. The van der Waals surface area contributed by atoms with Gasteiger partial charge in [0.2, 0.25) is 5.91 Å². The average molecular weight is 370 g/mol. The Labute approximate surface area is 164 Å². The quantitative estimate of drug-likeness (QED) is 0.516. The molecule has 1 aromatic heterocycles. The lowest BCUT2D eigenvalue weighted by atomic mass is 10.0. The zero-order chi connectivity index (χ0) is 19.5. The summed E-state index contributed by atoms with van der Waals surface area (Å²) in [5.74, 6) is 0.904. The van der Waals surface area contributed by atoms with E-state index in [1.165, 1.54) is 0 Å². The number of rotatable bonds is 5. The first-order valence-electron chi connectivity index (χ1n) is 9.29. The van der Waals surface area contributed by atoms with E-state index in [-0.39, 0.29) is 5.91 Å². The van der Waals surface area contributed by atoms with Crippen molar-refractivity contribution < 1.29 is 9.53 Å². The largest absolute Gasteiger partial charge is 0.487 e. The van der Waals surface area contributed by atoms with Crippen LogP contribution >= 0.6 is 0 Å². The van der Waals surface area contributed by atoms with Gasteiger partial charge in [0.25, 0.3) is 0 Å². The number of para-hydroxylation sites is 1. The smallest absolute Gasteiger partial charge is 0.226 e. The molecule has 140 valence electrons. The lowest BCUT2D eigenvalue weighted by Gasteiger charge is -2.11. The average Bonchev–Trinajstić information content (AvgIpc) is 2.72. The van der Waals surface area contributed by atoms with Crippen LogP contribution in [0.15, 0.2) is 72.8 Å². The number of amides is 1. The normalized spacial score (nSPS) is 10.9. The SMILES string of the molecule is CN(C)C(=O)Cc1ccc2cc(OCc3ccc4ccccc4n3)ccc2c1. The van der Waals surface area contributed by atoms with Gasteiger partial charge in [0.05, 0.1) is 17.6 Å². The van der Waals surface area contributed by atoms with Crippen LogP contribution in [0.3, 0.4) is 0 Å². The molecule has 4 heteroatoms. The van der Waals surface area contributed by atoms with Crippen LogP contribution in [0.1, 0.15) is 11.3 Å². The highest BCUT2D eigenvalue weighted by Crippen LogP contribution is 2.23. The van der Waals surface area contributed by atoms with Crippen molar-refractivity contribution in [3.63, 3.8) is 0 Å². The standard InChI is InChI=1S/C24H22N2O2/c1-26(2)24(27)14-17-7-8-20-15-22(12-10-19(20)13-17)28-16-21-11-9-18-5-3-4-6-23(18)25-21/h3-13,15H,14,16H2,1-2H3. The molecule has 0 atom stereocenters. The van der Waals surface area contributed by atoms with Crippen LogP contribution in [0, 0.1) is 0 Å². The molecular weight excluding hydrogens is 348 g/mol. The van der Waals surface area contributed by atoms with Gasteiger partial charge in [-0.3, -0.25) is 4.79 Å². The van der Waals surface area contributed by atoms with Crippen LogP contribution in [0.5, 0.6) is 5.75 Å². The van der Waals surface area contributed by atoms with Gasteiger partial charge in [0, 0.05) is 19.5 Å². The van der Waals surface area contributed by atoms with Gasteiger partial charge in [-0.2, -0.15) is 0 Å². The van der Waals surface area contributed by atoms with E-state index in [0.717, 1.165) is 38.7 Å². The van der Waals surface area contributed by atoms with E-state index < -0.39 is 0 Å². The van der Waals surface area contributed by atoms with Crippen molar-refractivity contribution in [1.29, 1.82) is 0 Å². The van der Waals surface area contributed by atoms with Crippen LogP contribution in [0.2, 0.25) is 0 Å². The van der Waals surface area contributed by atoms with Crippen molar-refractivity contribution in [2.24, 2.45) is 0 Å². The number of hydrogen-bond donors (Lipinski definition) is 0. The third-order valence-corrected chi connectivity index (χ3v) is 4.77. The molecule has 0 radical (unpaired) electrons. The number of pyridine rings is 1. The molecular formula is C24H22N2O2. The van der Waals surface area contributed by atoms with Gasteiger partial charge in [0.1, 0.15) is 12.4 Å². The molecule has 1 heterocycles. The van der Waals surface area contributed by atoms with E-state index in [2.05, 4.69) is 23.2 Å². The second-order valence-corrected chi connectivity index (χ2v) is 7.09. The van der Waals surface area contributed by atoms with Crippen LogP contribution < -0.4 is 4.74 Å². The molecule has 0 bridgehead atoms. The molecule has 4 aromatic rings. The highest BCUT2D eigenvalue weighted by atomic mass is 16.5. The van der Waals surface area contributed by atoms with Gasteiger partial charge in [-0.1, -0.05) is 48.5 Å². The minimum atomic E-state index is 0.0992. The monoisotopic (exact) mass is 370 g/mol. The number of ether oxygens (including phenoxy) is 1. The summed E-state index contributed by atoms with van der Waals surface area (Å²) in [5, 5.41) is 3.31. The van der Waals surface area contributed by atoms with Gasteiger partial charge >= 0.3 is 0 Å². The van der Waals surface area contributed by atoms with Crippen molar-refractivity contribution >= 4 is 27.6 Å². The number of likely N-dealkylation sites (N-methyl/N-ethyl adjacent to an activating group) is 1.